The van der Waals surface area contributed by atoms with Crippen LogP contribution in [0.25, 0.3) is 22.2 Å². The quantitative estimate of drug-likeness (QED) is 0.717. The van der Waals surface area contributed by atoms with Crippen LogP contribution in [-0.4, -0.2) is 20.2 Å². The van der Waals surface area contributed by atoms with Gasteiger partial charge >= 0.3 is 6.18 Å². The molecule has 0 spiro atoms. The molecule has 0 aliphatic rings. The number of hydrogen-bond acceptors (Lipinski definition) is 4. The largest absolute Gasteiger partial charge is 0.416 e. The summed E-state index contributed by atoms with van der Waals surface area (Å²) in [6.07, 6.45) is -1.44. The average Bonchev–Trinajstić information content (AvgIpc) is 2.89. The first kappa shape index (κ1) is 12.4. The number of H-pyrrole nitrogens is 1. The van der Waals surface area contributed by atoms with Gasteiger partial charge in [0.25, 0.3) is 0 Å². The highest BCUT2D eigenvalue weighted by molar-refractivity contribution is 5.93. The molecule has 5 nitrogen and oxygen atoms in total. The minimum Gasteiger partial charge on any atom is -0.368 e. The highest BCUT2D eigenvalue weighted by atomic mass is 19.4. The number of alkyl halides is 3. The molecular weight excluding hydrogens is 271 g/mol. The van der Waals surface area contributed by atoms with Gasteiger partial charge in [-0.05, 0) is 18.2 Å². The fraction of sp³-hybridized carbons (Fsp3) is 0.0833. The molecule has 2 aromatic heterocycles. The van der Waals surface area contributed by atoms with Gasteiger partial charge in [-0.1, -0.05) is 0 Å². The summed E-state index contributed by atoms with van der Waals surface area (Å²) >= 11 is 0. The van der Waals surface area contributed by atoms with E-state index in [9.17, 15) is 13.2 Å². The van der Waals surface area contributed by atoms with Crippen LogP contribution in [-0.2, 0) is 6.18 Å². The molecule has 0 unspecified atom stereocenters. The predicted octanol–water partition coefficient (Wildman–Crippen LogP) is 2.62. The van der Waals surface area contributed by atoms with Gasteiger partial charge in [-0.25, -0.2) is 9.97 Å². The Hall–Kier alpha value is -2.64. The lowest BCUT2D eigenvalue weighted by molar-refractivity contribution is -0.137. The second kappa shape index (κ2) is 4.19. The minimum atomic E-state index is -4.43. The van der Waals surface area contributed by atoms with E-state index in [1.807, 2.05) is 0 Å². The van der Waals surface area contributed by atoms with E-state index in [1.54, 1.807) is 0 Å². The normalized spacial score (nSPS) is 11.9. The van der Waals surface area contributed by atoms with E-state index in [0.29, 0.717) is 16.8 Å². The zero-order valence-electron chi connectivity index (χ0n) is 9.94. The third-order valence-corrected chi connectivity index (χ3v) is 2.81. The Morgan fingerprint density at radius 2 is 1.95 bits per heavy atom. The second-order valence-corrected chi connectivity index (χ2v) is 4.15. The molecule has 3 N–H and O–H groups in total. The van der Waals surface area contributed by atoms with Gasteiger partial charge in [0.15, 0.2) is 0 Å². The third kappa shape index (κ3) is 2.04. The molecule has 0 amide bonds. The Kier molecular flexibility index (Phi) is 2.60. The third-order valence-electron chi connectivity index (χ3n) is 2.81. The van der Waals surface area contributed by atoms with Gasteiger partial charge in [-0.3, -0.25) is 5.10 Å². The number of nitrogens with one attached hydrogen (secondary N) is 1. The topological polar surface area (TPSA) is 80.5 Å². The van der Waals surface area contributed by atoms with Crippen LogP contribution < -0.4 is 5.73 Å². The number of nitrogens with zero attached hydrogens (tertiary/aromatic N) is 3. The SMILES string of the molecule is Nc1nc(-c2cn[nH]c2)c2cc(C(F)(F)F)ccc2n1. The van der Waals surface area contributed by atoms with Crippen molar-refractivity contribution in [1.29, 1.82) is 0 Å². The lowest BCUT2D eigenvalue weighted by atomic mass is 10.1. The van der Waals surface area contributed by atoms with Crippen LogP contribution in [0.15, 0.2) is 30.6 Å². The standard InChI is InChI=1S/C12H8F3N5/c13-12(14,15)7-1-2-9-8(3-7)10(20-11(16)19-9)6-4-17-18-5-6/h1-5H,(H,17,18)(H2,16,19,20). The van der Waals surface area contributed by atoms with E-state index >= 15 is 0 Å². The molecule has 0 bridgehead atoms. The van der Waals surface area contributed by atoms with Crippen LogP contribution in [0.5, 0.6) is 0 Å². The molecule has 0 atom stereocenters. The first-order chi connectivity index (χ1) is 9.45. The van der Waals surface area contributed by atoms with Crippen molar-refractivity contribution in [3.05, 3.63) is 36.2 Å². The number of nitrogen functional groups attached to an aromatic ring is 1. The van der Waals surface area contributed by atoms with Crippen molar-refractivity contribution in [3.63, 3.8) is 0 Å². The van der Waals surface area contributed by atoms with E-state index in [1.165, 1.54) is 18.5 Å². The van der Waals surface area contributed by atoms with Crippen molar-refractivity contribution in [2.45, 2.75) is 6.18 Å². The number of rotatable bonds is 1. The number of fused-ring (bicyclic) bond motifs is 1. The van der Waals surface area contributed by atoms with Crippen LogP contribution in [0, 0.1) is 0 Å². The highest BCUT2D eigenvalue weighted by Crippen LogP contribution is 2.34. The van der Waals surface area contributed by atoms with Gasteiger partial charge in [-0.15, -0.1) is 0 Å². The molecule has 8 heteroatoms. The summed E-state index contributed by atoms with van der Waals surface area (Å²) in [5.74, 6) is -0.00606. The van der Waals surface area contributed by atoms with Crippen LogP contribution in [0.3, 0.4) is 0 Å². The number of aromatic nitrogens is 4. The first-order valence-corrected chi connectivity index (χ1v) is 5.59. The van der Waals surface area contributed by atoms with Gasteiger partial charge in [0, 0.05) is 17.1 Å². The molecule has 0 saturated heterocycles. The summed E-state index contributed by atoms with van der Waals surface area (Å²) in [5, 5.41) is 6.62. The zero-order chi connectivity index (χ0) is 14.3. The molecule has 20 heavy (non-hydrogen) atoms. The smallest absolute Gasteiger partial charge is 0.368 e. The van der Waals surface area contributed by atoms with Gasteiger partial charge in [0.05, 0.1) is 23.0 Å². The van der Waals surface area contributed by atoms with Gasteiger partial charge < -0.3 is 5.73 Å². The summed E-state index contributed by atoms with van der Waals surface area (Å²) in [6, 6.07) is 3.25. The van der Waals surface area contributed by atoms with Gasteiger partial charge in [0.1, 0.15) is 0 Å². The molecule has 0 aliphatic heterocycles. The molecule has 3 aromatic rings. The summed E-state index contributed by atoms with van der Waals surface area (Å²) in [5.41, 5.74) is 6.02. The summed E-state index contributed by atoms with van der Waals surface area (Å²) in [6.45, 7) is 0. The second-order valence-electron chi connectivity index (χ2n) is 4.15. The Balaban J connectivity index is 2.32. The van der Waals surface area contributed by atoms with E-state index in [2.05, 4.69) is 20.2 Å². The van der Waals surface area contributed by atoms with Crippen LogP contribution >= 0.6 is 0 Å². The van der Waals surface area contributed by atoms with Crippen molar-refractivity contribution in [3.8, 4) is 11.3 Å². The fourth-order valence-electron chi connectivity index (χ4n) is 1.92. The Morgan fingerprint density at radius 1 is 1.15 bits per heavy atom. The average molecular weight is 279 g/mol. The van der Waals surface area contributed by atoms with Crippen molar-refractivity contribution < 1.29 is 13.2 Å². The predicted molar refractivity (Wildman–Crippen MR) is 66.5 cm³/mol. The fourth-order valence-corrected chi connectivity index (χ4v) is 1.92. The summed E-state index contributed by atoms with van der Waals surface area (Å²) in [4.78, 5) is 7.94. The molecule has 0 radical (unpaired) electrons. The summed E-state index contributed by atoms with van der Waals surface area (Å²) in [7, 11) is 0. The van der Waals surface area contributed by atoms with Gasteiger partial charge in [0.2, 0.25) is 5.95 Å². The maximum absolute atomic E-state index is 12.8. The highest BCUT2D eigenvalue weighted by Gasteiger charge is 2.31. The first-order valence-electron chi connectivity index (χ1n) is 5.59. The Bertz CT molecular complexity index is 765. The van der Waals surface area contributed by atoms with Crippen LogP contribution in [0.4, 0.5) is 19.1 Å². The molecule has 0 fully saturated rings. The molecule has 102 valence electrons. The summed E-state index contributed by atoms with van der Waals surface area (Å²) < 4.78 is 38.4. The molecule has 0 aliphatic carbocycles. The molecule has 1 aromatic carbocycles. The van der Waals surface area contributed by atoms with Crippen molar-refractivity contribution in [2.24, 2.45) is 0 Å². The molecular formula is C12H8F3N5. The van der Waals surface area contributed by atoms with Gasteiger partial charge in [-0.2, -0.15) is 18.3 Å². The van der Waals surface area contributed by atoms with E-state index < -0.39 is 11.7 Å². The van der Waals surface area contributed by atoms with E-state index in [-0.39, 0.29) is 11.3 Å². The van der Waals surface area contributed by atoms with Crippen LogP contribution in [0.2, 0.25) is 0 Å². The number of nitrogens with two attached hydrogens (primary N) is 1. The maximum atomic E-state index is 12.8. The number of halogens is 3. The Labute approximate surface area is 110 Å². The monoisotopic (exact) mass is 279 g/mol. The minimum absolute atomic E-state index is 0.00606. The number of anilines is 1. The van der Waals surface area contributed by atoms with E-state index in [0.717, 1.165) is 12.1 Å². The lowest BCUT2D eigenvalue weighted by Crippen LogP contribution is -2.05. The lowest BCUT2D eigenvalue weighted by Gasteiger charge is -2.09. The molecule has 2 heterocycles. The van der Waals surface area contributed by atoms with Crippen LogP contribution in [0.1, 0.15) is 5.56 Å². The van der Waals surface area contributed by atoms with Crippen molar-refractivity contribution in [2.75, 3.05) is 5.73 Å². The van der Waals surface area contributed by atoms with Crippen molar-refractivity contribution >= 4 is 16.9 Å². The zero-order valence-corrected chi connectivity index (χ0v) is 9.94. The maximum Gasteiger partial charge on any atom is 0.416 e. The number of benzene rings is 1. The van der Waals surface area contributed by atoms with Crippen molar-refractivity contribution in [1.82, 2.24) is 20.2 Å². The molecule has 3 rings (SSSR count). The number of hydrogen-bond donors (Lipinski definition) is 2. The Morgan fingerprint density at radius 3 is 2.60 bits per heavy atom. The van der Waals surface area contributed by atoms with E-state index in [4.69, 9.17) is 5.73 Å². The number of aromatic amines is 1. The molecule has 0 saturated carbocycles.